The Bertz CT molecular complexity index is 1330. The Morgan fingerprint density at radius 3 is 2.34 bits per heavy atom. The molecular weight excluding hydrogens is 595 g/mol. The number of hydrogen-bond donors (Lipinski definition) is 2. The number of hydrogen-bond acceptors (Lipinski definition) is 4. The fourth-order valence-corrected chi connectivity index (χ4v) is 4.24. The van der Waals surface area contributed by atoms with Gasteiger partial charge in [0.05, 0.1) is 10.7 Å². The van der Waals surface area contributed by atoms with Crippen LogP contribution in [0.15, 0.2) is 65.1 Å². The van der Waals surface area contributed by atoms with Crippen molar-refractivity contribution in [3.63, 3.8) is 0 Å². The molecule has 0 aliphatic heterocycles. The molecule has 11 heteroatoms. The maximum atomic E-state index is 12.8. The van der Waals surface area contributed by atoms with Gasteiger partial charge in [-0.25, -0.2) is 4.79 Å². The zero-order valence-corrected chi connectivity index (χ0v) is 24.2. The highest BCUT2D eigenvalue weighted by Gasteiger charge is 2.22. The lowest BCUT2D eigenvalue weighted by atomic mass is 10.2. The molecule has 8 nitrogen and oxygen atoms in total. The van der Waals surface area contributed by atoms with E-state index in [-0.39, 0.29) is 23.3 Å². The lowest BCUT2D eigenvalue weighted by Crippen LogP contribution is -2.36. The maximum Gasteiger partial charge on any atom is 0.321 e. The summed E-state index contributed by atoms with van der Waals surface area (Å²) in [5.74, 6) is -0.581. The first-order chi connectivity index (χ1) is 18.1. The minimum absolute atomic E-state index is 0.111. The van der Waals surface area contributed by atoms with Gasteiger partial charge in [-0.15, -0.1) is 0 Å². The van der Waals surface area contributed by atoms with E-state index in [4.69, 9.17) is 27.9 Å². The SMILES string of the molecule is CCN(CC)C(=O)Nc1ccc(NC(=O)C(=O)N(C)Cc2ccc(Br)cc2Oc2cccc(Cl)c2)c(Cl)c1. The molecule has 0 bridgehead atoms. The molecule has 2 N–H and O–H groups in total. The molecule has 0 aromatic heterocycles. The first kappa shape index (κ1) is 29.3. The molecule has 0 saturated carbocycles. The van der Waals surface area contributed by atoms with E-state index in [1.54, 1.807) is 47.4 Å². The highest BCUT2D eigenvalue weighted by Crippen LogP contribution is 2.31. The molecule has 3 rings (SSSR count). The van der Waals surface area contributed by atoms with Crippen LogP contribution in [0.4, 0.5) is 16.2 Å². The van der Waals surface area contributed by atoms with Crippen molar-refractivity contribution >= 4 is 68.4 Å². The number of amides is 4. The van der Waals surface area contributed by atoms with E-state index in [0.29, 0.717) is 40.9 Å². The van der Waals surface area contributed by atoms with Gasteiger partial charge in [-0.2, -0.15) is 0 Å². The minimum atomic E-state index is -0.858. The number of carbonyl (C=O) groups excluding carboxylic acids is 3. The molecule has 3 aromatic carbocycles. The lowest BCUT2D eigenvalue weighted by molar-refractivity contribution is -0.142. The van der Waals surface area contributed by atoms with Gasteiger partial charge >= 0.3 is 17.8 Å². The standard InChI is InChI=1S/C27H27BrCl2N4O4/c1-4-34(5-2)27(37)31-20-11-12-23(22(30)15-20)32-25(35)26(36)33(3)16-17-9-10-18(28)13-24(17)38-21-8-6-7-19(29)14-21/h6-15H,4-5,16H2,1-3H3,(H,31,37)(H,32,35). The van der Waals surface area contributed by atoms with Gasteiger partial charge in [-0.3, -0.25) is 9.59 Å². The number of halogens is 3. The van der Waals surface area contributed by atoms with E-state index >= 15 is 0 Å². The van der Waals surface area contributed by atoms with Crippen LogP contribution in [0.25, 0.3) is 0 Å². The summed E-state index contributed by atoms with van der Waals surface area (Å²) in [6, 6.07) is 16.7. The number of rotatable bonds is 8. The molecule has 0 saturated heterocycles. The summed E-state index contributed by atoms with van der Waals surface area (Å²) in [5, 5.41) is 5.99. The fourth-order valence-electron chi connectivity index (χ4n) is 3.50. The molecule has 0 atom stereocenters. The van der Waals surface area contributed by atoms with Crippen LogP contribution in [0.3, 0.4) is 0 Å². The van der Waals surface area contributed by atoms with Crippen LogP contribution in [0.2, 0.25) is 10.0 Å². The normalized spacial score (nSPS) is 10.5. The Morgan fingerprint density at radius 1 is 0.947 bits per heavy atom. The molecule has 200 valence electrons. The summed E-state index contributed by atoms with van der Waals surface area (Å²) in [6.07, 6.45) is 0. The van der Waals surface area contributed by atoms with Gasteiger partial charge in [0.15, 0.2) is 0 Å². The molecule has 0 fully saturated rings. The summed E-state index contributed by atoms with van der Waals surface area (Å²) in [4.78, 5) is 40.7. The van der Waals surface area contributed by atoms with Crippen LogP contribution in [0.5, 0.6) is 11.5 Å². The summed E-state index contributed by atoms with van der Waals surface area (Å²) in [5.41, 5.74) is 1.40. The zero-order chi connectivity index (χ0) is 27.8. The van der Waals surface area contributed by atoms with E-state index in [1.165, 1.54) is 24.1 Å². The minimum Gasteiger partial charge on any atom is -0.457 e. The number of benzene rings is 3. The van der Waals surface area contributed by atoms with Gasteiger partial charge in [0, 0.05) is 47.4 Å². The Morgan fingerprint density at radius 2 is 1.68 bits per heavy atom. The maximum absolute atomic E-state index is 12.8. The van der Waals surface area contributed by atoms with E-state index in [9.17, 15) is 14.4 Å². The number of anilines is 2. The Labute approximate surface area is 240 Å². The van der Waals surface area contributed by atoms with Gasteiger partial charge in [0.1, 0.15) is 11.5 Å². The average Bonchev–Trinajstić information content (AvgIpc) is 2.87. The molecular formula is C27H27BrCl2N4O4. The third kappa shape index (κ3) is 7.86. The highest BCUT2D eigenvalue weighted by molar-refractivity contribution is 9.10. The second-order valence-corrected chi connectivity index (χ2v) is 9.98. The summed E-state index contributed by atoms with van der Waals surface area (Å²) in [7, 11) is 1.51. The fraction of sp³-hybridized carbons (Fsp3) is 0.222. The van der Waals surface area contributed by atoms with Crippen molar-refractivity contribution in [2.24, 2.45) is 0 Å². The van der Waals surface area contributed by atoms with Gasteiger partial charge in [-0.05, 0) is 62.4 Å². The van der Waals surface area contributed by atoms with Crippen LogP contribution in [-0.4, -0.2) is 47.8 Å². The van der Waals surface area contributed by atoms with Crippen LogP contribution in [0.1, 0.15) is 19.4 Å². The van der Waals surface area contributed by atoms with E-state index < -0.39 is 11.8 Å². The smallest absolute Gasteiger partial charge is 0.321 e. The summed E-state index contributed by atoms with van der Waals surface area (Å²) in [6.45, 7) is 5.00. The highest BCUT2D eigenvalue weighted by atomic mass is 79.9. The van der Waals surface area contributed by atoms with E-state index in [1.807, 2.05) is 19.9 Å². The second-order valence-electron chi connectivity index (χ2n) is 8.22. The number of nitrogens with one attached hydrogen (secondary N) is 2. The van der Waals surface area contributed by atoms with Gasteiger partial charge in [0.2, 0.25) is 0 Å². The van der Waals surface area contributed by atoms with E-state index in [0.717, 1.165) is 4.47 Å². The number of nitrogens with zero attached hydrogens (tertiary/aromatic N) is 2. The van der Waals surface area contributed by atoms with Crippen molar-refractivity contribution < 1.29 is 19.1 Å². The second kappa shape index (κ2) is 13.5. The first-order valence-electron chi connectivity index (χ1n) is 11.7. The van der Waals surface area contributed by atoms with Crippen molar-refractivity contribution in [1.29, 1.82) is 0 Å². The monoisotopic (exact) mass is 620 g/mol. The predicted octanol–water partition coefficient (Wildman–Crippen LogP) is 7.02. The number of ether oxygens (including phenoxy) is 1. The van der Waals surface area contributed by atoms with Crippen molar-refractivity contribution in [3.8, 4) is 11.5 Å². The van der Waals surface area contributed by atoms with Crippen LogP contribution in [0, 0.1) is 0 Å². The molecule has 3 aromatic rings. The largest absolute Gasteiger partial charge is 0.457 e. The third-order valence-corrected chi connectivity index (χ3v) is 6.56. The predicted molar refractivity (Wildman–Crippen MR) is 154 cm³/mol. The van der Waals surface area contributed by atoms with E-state index in [2.05, 4.69) is 26.6 Å². The van der Waals surface area contributed by atoms with Gasteiger partial charge in [0.25, 0.3) is 0 Å². The third-order valence-electron chi connectivity index (χ3n) is 5.52. The summed E-state index contributed by atoms with van der Waals surface area (Å²) >= 11 is 15.8. The molecule has 0 heterocycles. The first-order valence-corrected chi connectivity index (χ1v) is 13.3. The number of urea groups is 1. The lowest BCUT2D eigenvalue weighted by Gasteiger charge is -2.20. The Balaban J connectivity index is 1.67. The van der Waals surface area contributed by atoms with Gasteiger partial charge < -0.3 is 25.2 Å². The Kier molecular flexibility index (Phi) is 10.4. The molecule has 38 heavy (non-hydrogen) atoms. The van der Waals surface area contributed by atoms with Crippen LogP contribution >= 0.6 is 39.1 Å². The average molecular weight is 622 g/mol. The topological polar surface area (TPSA) is 91.0 Å². The Hall–Kier alpha value is -3.27. The van der Waals surface area contributed by atoms with Gasteiger partial charge in [-0.1, -0.05) is 51.3 Å². The molecule has 0 aliphatic rings. The van der Waals surface area contributed by atoms with Crippen molar-refractivity contribution in [2.45, 2.75) is 20.4 Å². The molecule has 4 amide bonds. The summed E-state index contributed by atoms with van der Waals surface area (Å²) < 4.78 is 6.78. The van der Waals surface area contributed by atoms with Crippen molar-refractivity contribution in [1.82, 2.24) is 9.80 Å². The quantitative estimate of drug-likeness (QED) is 0.265. The molecule has 0 spiro atoms. The van der Waals surface area contributed by atoms with Crippen molar-refractivity contribution in [2.75, 3.05) is 30.8 Å². The van der Waals surface area contributed by atoms with Crippen LogP contribution in [-0.2, 0) is 16.1 Å². The van der Waals surface area contributed by atoms with Crippen molar-refractivity contribution in [3.05, 3.63) is 80.7 Å². The molecule has 0 unspecified atom stereocenters. The molecule has 0 aliphatic carbocycles. The zero-order valence-electron chi connectivity index (χ0n) is 21.1. The number of likely N-dealkylation sites (N-methyl/N-ethyl adjacent to an activating group) is 1. The number of carbonyl (C=O) groups is 3. The van der Waals surface area contributed by atoms with Crippen LogP contribution < -0.4 is 15.4 Å². The molecule has 0 radical (unpaired) electrons.